The Hall–Kier alpha value is -3.33. The molecule has 1 saturated heterocycles. The van der Waals surface area contributed by atoms with Crippen molar-refractivity contribution in [3.8, 4) is 11.5 Å². The molecule has 1 fully saturated rings. The van der Waals surface area contributed by atoms with Crippen LogP contribution in [-0.2, 0) is 4.79 Å². The van der Waals surface area contributed by atoms with Crippen molar-refractivity contribution in [1.82, 2.24) is 19.5 Å². The van der Waals surface area contributed by atoms with Crippen LogP contribution in [-0.4, -0.2) is 44.4 Å². The van der Waals surface area contributed by atoms with Crippen molar-refractivity contribution in [2.75, 3.05) is 18.4 Å². The fourth-order valence-electron chi connectivity index (χ4n) is 3.22. The van der Waals surface area contributed by atoms with Crippen molar-refractivity contribution in [2.24, 2.45) is 5.92 Å². The summed E-state index contributed by atoms with van der Waals surface area (Å²) in [7, 11) is 0. The number of pyridine rings is 1. The number of hydrogen-bond donors (Lipinski definition) is 1. The lowest BCUT2D eigenvalue weighted by Gasteiger charge is -2.31. The molecule has 2 aromatic heterocycles. The summed E-state index contributed by atoms with van der Waals surface area (Å²) < 4.78 is 9.59. The van der Waals surface area contributed by atoms with E-state index in [2.05, 4.69) is 19.9 Å². The number of amides is 2. The lowest BCUT2D eigenvalue weighted by molar-refractivity contribution is -0.121. The molecule has 4 rings (SSSR count). The molecule has 1 aliphatic heterocycles. The molecule has 1 atom stereocenters. The topological polar surface area (TPSA) is 97.3 Å². The Labute approximate surface area is 171 Å². The normalized spacial score (nSPS) is 16.3. The zero-order valence-corrected chi connectivity index (χ0v) is 16.3. The van der Waals surface area contributed by atoms with Crippen LogP contribution in [0.4, 0.5) is 5.69 Å². The van der Waals surface area contributed by atoms with Gasteiger partial charge in [-0.1, -0.05) is 16.6 Å². The summed E-state index contributed by atoms with van der Waals surface area (Å²) in [5.41, 5.74) is 0.903. The van der Waals surface area contributed by atoms with Crippen LogP contribution in [0.3, 0.4) is 0 Å². The third-order valence-electron chi connectivity index (χ3n) is 4.67. The van der Waals surface area contributed by atoms with Crippen molar-refractivity contribution >= 4 is 29.0 Å². The first-order valence-electron chi connectivity index (χ1n) is 9.25. The van der Waals surface area contributed by atoms with Crippen LogP contribution in [0.5, 0.6) is 11.5 Å². The molecule has 3 aromatic rings. The number of nitrogens with one attached hydrogen (secondary N) is 1. The molecule has 0 bridgehead atoms. The number of hydrogen-bond acceptors (Lipinski definition) is 7. The minimum Gasteiger partial charge on any atom is -0.454 e. The Bertz CT molecular complexity index is 981. The van der Waals surface area contributed by atoms with Crippen molar-refractivity contribution < 1.29 is 14.3 Å². The van der Waals surface area contributed by atoms with E-state index in [-0.39, 0.29) is 17.7 Å². The second-order valence-corrected chi connectivity index (χ2v) is 7.27. The predicted octanol–water partition coefficient (Wildman–Crippen LogP) is 3.22. The summed E-state index contributed by atoms with van der Waals surface area (Å²) in [5, 5.41) is 8.41. The monoisotopic (exact) mass is 409 g/mol. The Morgan fingerprint density at radius 3 is 2.90 bits per heavy atom. The maximum absolute atomic E-state index is 12.9. The third-order valence-corrected chi connectivity index (χ3v) is 5.17. The molecule has 29 heavy (non-hydrogen) atoms. The van der Waals surface area contributed by atoms with E-state index in [4.69, 9.17) is 4.74 Å². The van der Waals surface area contributed by atoms with E-state index < -0.39 is 0 Å². The molecule has 2 amide bonds. The number of carbonyl (C=O) groups excluding carboxylic acids is 2. The van der Waals surface area contributed by atoms with E-state index in [0.717, 1.165) is 24.4 Å². The van der Waals surface area contributed by atoms with Gasteiger partial charge in [0.05, 0.1) is 17.8 Å². The molecule has 9 heteroatoms. The van der Waals surface area contributed by atoms with Crippen molar-refractivity contribution in [3.63, 3.8) is 0 Å². The minimum absolute atomic E-state index is 0.138. The maximum Gasteiger partial charge on any atom is 0.275 e. The summed E-state index contributed by atoms with van der Waals surface area (Å²) in [6, 6.07) is 10.8. The second-order valence-electron chi connectivity index (χ2n) is 6.66. The average molecular weight is 409 g/mol. The Morgan fingerprint density at radius 2 is 2.10 bits per heavy atom. The molecule has 148 valence electrons. The maximum atomic E-state index is 12.9. The van der Waals surface area contributed by atoms with Gasteiger partial charge in [0.25, 0.3) is 5.91 Å². The van der Waals surface area contributed by atoms with Gasteiger partial charge in [-0.2, -0.15) is 0 Å². The van der Waals surface area contributed by atoms with Gasteiger partial charge in [0.15, 0.2) is 11.4 Å². The third kappa shape index (κ3) is 4.57. The average Bonchev–Trinajstić information content (AvgIpc) is 3.30. The highest BCUT2D eigenvalue weighted by atomic mass is 32.1. The fraction of sp³-hybridized carbons (Fsp3) is 0.250. The van der Waals surface area contributed by atoms with Gasteiger partial charge >= 0.3 is 0 Å². The second kappa shape index (κ2) is 8.78. The molecule has 1 aromatic carbocycles. The SMILES string of the molecule is O=C(Nc1ccccc1Oc1cccnc1)C1CCCN(C(=O)c2csnn2)C1. The number of nitrogens with zero attached hydrogens (tertiary/aromatic N) is 4. The Balaban J connectivity index is 1.43. The molecule has 0 spiro atoms. The standard InChI is InChI=1S/C20H19N5O3S/c26-19(14-5-4-10-25(12-14)20(27)17-13-29-24-23-17)22-16-7-1-2-8-18(16)28-15-6-3-9-21-11-15/h1-3,6-9,11,13-14H,4-5,10,12H2,(H,22,26). The molecule has 0 radical (unpaired) electrons. The molecule has 0 saturated carbocycles. The first-order chi connectivity index (χ1) is 14.2. The van der Waals surface area contributed by atoms with Gasteiger partial charge in [-0.25, -0.2) is 0 Å². The van der Waals surface area contributed by atoms with E-state index in [9.17, 15) is 9.59 Å². The number of likely N-dealkylation sites (tertiary alicyclic amines) is 1. The van der Waals surface area contributed by atoms with E-state index in [1.807, 2.05) is 12.1 Å². The fourth-order valence-corrected chi connectivity index (χ4v) is 3.65. The molecule has 1 N–H and O–H groups in total. The number of carbonyl (C=O) groups is 2. The zero-order valence-electron chi connectivity index (χ0n) is 15.5. The van der Waals surface area contributed by atoms with E-state index in [1.54, 1.807) is 46.9 Å². The molecule has 0 aliphatic carbocycles. The summed E-state index contributed by atoms with van der Waals surface area (Å²) in [4.78, 5) is 31.1. The van der Waals surface area contributed by atoms with Gasteiger partial charge in [-0.05, 0) is 48.6 Å². The Morgan fingerprint density at radius 1 is 1.21 bits per heavy atom. The molecular formula is C20H19N5O3S. The number of piperidine rings is 1. The van der Waals surface area contributed by atoms with Crippen LogP contribution < -0.4 is 10.1 Å². The van der Waals surface area contributed by atoms with Crippen LogP contribution in [0, 0.1) is 5.92 Å². The van der Waals surface area contributed by atoms with Crippen LogP contribution in [0.2, 0.25) is 0 Å². The lowest BCUT2D eigenvalue weighted by Crippen LogP contribution is -2.43. The van der Waals surface area contributed by atoms with E-state index in [1.165, 1.54) is 0 Å². The number of ether oxygens (including phenoxy) is 1. The minimum atomic E-state index is -0.300. The molecule has 1 unspecified atom stereocenters. The summed E-state index contributed by atoms with van der Waals surface area (Å²) in [6.45, 7) is 0.967. The van der Waals surface area contributed by atoms with Gasteiger partial charge in [0.2, 0.25) is 5.91 Å². The van der Waals surface area contributed by atoms with Gasteiger partial charge < -0.3 is 15.0 Å². The first kappa shape index (κ1) is 19.0. The molecule has 8 nitrogen and oxygen atoms in total. The van der Waals surface area contributed by atoms with E-state index in [0.29, 0.717) is 36.0 Å². The number of rotatable bonds is 5. The number of anilines is 1. The van der Waals surface area contributed by atoms with Crippen LogP contribution >= 0.6 is 11.5 Å². The van der Waals surface area contributed by atoms with Gasteiger partial charge in [-0.3, -0.25) is 14.6 Å². The largest absolute Gasteiger partial charge is 0.454 e. The predicted molar refractivity (Wildman–Crippen MR) is 108 cm³/mol. The van der Waals surface area contributed by atoms with Crippen molar-refractivity contribution in [1.29, 1.82) is 0 Å². The van der Waals surface area contributed by atoms with Crippen LogP contribution in [0.25, 0.3) is 0 Å². The van der Waals surface area contributed by atoms with Crippen LogP contribution in [0.15, 0.2) is 54.2 Å². The smallest absolute Gasteiger partial charge is 0.275 e. The molecule has 1 aliphatic rings. The van der Waals surface area contributed by atoms with Crippen molar-refractivity contribution in [2.45, 2.75) is 12.8 Å². The van der Waals surface area contributed by atoms with Gasteiger partial charge in [0.1, 0.15) is 5.75 Å². The first-order valence-corrected chi connectivity index (χ1v) is 10.1. The highest BCUT2D eigenvalue weighted by Crippen LogP contribution is 2.30. The van der Waals surface area contributed by atoms with Crippen LogP contribution in [0.1, 0.15) is 23.3 Å². The summed E-state index contributed by atoms with van der Waals surface area (Å²) >= 11 is 1.14. The summed E-state index contributed by atoms with van der Waals surface area (Å²) in [5.74, 6) is 0.495. The molecular weight excluding hydrogens is 390 g/mol. The number of para-hydroxylation sites is 2. The number of aromatic nitrogens is 3. The van der Waals surface area contributed by atoms with Gasteiger partial charge in [0, 0.05) is 24.7 Å². The van der Waals surface area contributed by atoms with Crippen molar-refractivity contribution in [3.05, 3.63) is 59.9 Å². The number of benzene rings is 1. The Kier molecular flexibility index (Phi) is 5.76. The highest BCUT2D eigenvalue weighted by molar-refractivity contribution is 7.03. The van der Waals surface area contributed by atoms with Gasteiger partial charge in [-0.15, -0.1) is 5.10 Å². The van der Waals surface area contributed by atoms with E-state index >= 15 is 0 Å². The quantitative estimate of drug-likeness (QED) is 0.695. The lowest BCUT2D eigenvalue weighted by atomic mass is 9.96. The highest BCUT2D eigenvalue weighted by Gasteiger charge is 2.30. The zero-order chi connectivity index (χ0) is 20.1. The molecule has 3 heterocycles. The summed E-state index contributed by atoms with van der Waals surface area (Å²) in [6.07, 6.45) is 4.75.